The van der Waals surface area contributed by atoms with E-state index >= 15 is 0 Å². The molecule has 0 unspecified atom stereocenters. The Bertz CT molecular complexity index is 2760. The fraction of sp³-hybridized carbons (Fsp3) is 0.0400. The number of hydrogen-bond donors (Lipinski definition) is 0. The van der Waals surface area contributed by atoms with Gasteiger partial charge in [0.2, 0.25) is 0 Å². The molecular formula is C50H36N4. The molecule has 256 valence electrons. The highest BCUT2D eigenvalue weighted by Crippen LogP contribution is 2.44. The molecule has 3 aromatic heterocycles. The van der Waals surface area contributed by atoms with Crippen molar-refractivity contribution in [1.82, 2.24) is 15.0 Å². The normalized spacial score (nSPS) is 11.4. The molecule has 0 radical (unpaired) electrons. The molecule has 0 aliphatic heterocycles. The van der Waals surface area contributed by atoms with Gasteiger partial charge in [-0.3, -0.25) is 15.0 Å². The van der Waals surface area contributed by atoms with Gasteiger partial charge in [-0.1, -0.05) is 109 Å². The van der Waals surface area contributed by atoms with Crippen LogP contribution in [-0.4, -0.2) is 21.2 Å². The zero-order chi connectivity index (χ0) is 36.4. The van der Waals surface area contributed by atoms with E-state index in [2.05, 4.69) is 145 Å². The van der Waals surface area contributed by atoms with Crippen LogP contribution in [0.2, 0.25) is 0 Å². The maximum Gasteiger partial charge on any atom is 0.0791 e. The van der Waals surface area contributed by atoms with E-state index in [4.69, 9.17) is 9.98 Å². The molecular weight excluding hydrogens is 657 g/mol. The van der Waals surface area contributed by atoms with Gasteiger partial charge in [-0.05, 0) is 106 Å². The predicted octanol–water partition coefficient (Wildman–Crippen LogP) is 12.9. The number of nitrogens with zero attached hydrogens (tertiary/aromatic N) is 4. The number of aromatic nitrogens is 3. The Morgan fingerprint density at radius 3 is 1.76 bits per heavy atom. The number of fused-ring (bicyclic) bond motifs is 3. The van der Waals surface area contributed by atoms with Crippen molar-refractivity contribution in [1.29, 1.82) is 0 Å². The van der Waals surface area contributed by atoms with Gasteiger partial charge in [0.05, 0.1) is 16.9 Å². The number of rotatable bonds is 7. The molecule has 3 heterocycles. The molecule has 0 aliphatic carbocycles. The fourth-order valence-electron chi connectivity index (χ4n) is 7.53. The van der Waals surface area contributed by atoms with Crippen molar-refractivity contribution >= 4 is 33.6 Å². The van der Waals surface area contributed by atoms with Crippen LogP contribution < -0.4 is 0 Å². The third kappa shape index (κ3) is 6.24. The fourth-order valence-corrected chi connectivity index (χ4v) is 7.53. The van der Waals surface area contributed by atoms with Crippen LogP contribution in [0, 0.1) is 13.8 Å². The average Bonchev–Trinajstić information content (AvgIpc) is 3.24. The van der Waals surface area contributed by atoms with Crippen LogP contribution in [0.5, 0.6) is 0 Å². The van der Waals surface area contributed by atoms with Crippen LogP contribution in [0.4, 0.5) is 5.69 Å². The summed E-state index contributed by atoms with van der Waals surface area (Å²) in [6.45, 7) is 4.45. The molecule has 0 spiro atoms. The Labute approximate surface area is 315 Å². The van der Waals surface area contributed by atoms with Crippen LogP contribution in [0.3, 0.4) is 0 Å². The molecule has 0 saturated carbocycles. The highest BCUT2D eigenvalue weighted by atomic mass is 14.7. The van der Waals surface area contributed by atoms with E-state index in [0.29, 0.717) is 0 Å². The van der Waals surface area contributed by atoms with Crippen molar-refractivity contribution in [2.45, 2.75) is 13.8 Å². The summed E-state index contributed by atoms with van der Waals surface area (Å²) in [6.07, 6.45) is 9.41. The highest BCUT2D eigenvalue weighted by molar-refractivity contribution is 6.15. The molecule has 0 N–H and O–H groups in total. The van der Waals surface area contributed by atoms with Gasteiger partial charge >= 0.3 is 0 Å². The second-order valence-electron chi connectivity index (χ2n) is 13.6. The molecule has 54 heavy (non-hydrogen) atoms. The first kappa shape index (κ1) is 32.8. The maximum absolute atomic E-state index is 5.29. The predicted molar refractivity (Wildman–Crippen MR) is 225 cm³/mol. The first-order chi connectivity index (χ1) is 26.6. The monoisotopic (exact) mass is 692 g/mol. The van der Waals surface area contributed by atoms with Crippen molar-refractivity contribution in [3.63, 3.8) is 0 Å². The summed E-state index contributed by atoms with van der Waals surface area (Å²) in [7, 11) is 0. The number of aliphatic imine (C=N–C) groups is 1. The van der Waals surface area contributed by atoms with E-state index in [9.17, 15) is 0 Å². The number of hydrogen-bond acceptors (Lipinski definition) is 4. The largest absolute Gasteiger partial charge is 0.264 e. The summed E-state index contributed by atoms with van der Waals surface area (Å²) in [5.74, 6) is 0. The lowest BCUT2D eigenvalue weighted by Crippen LogP contribution is -1.97. The average molecular weight is 693 g/mol. The van der Waals surface area contributed by atoms with Gasteiger partial charge in [0, 0.05) is 64.0 Å². The quantitative estimate of drug-likeness (QED) is 0.123. The van der Waals surface area contributed by atoms with Crippen LogP contribution in [0.1, 0.15) is 16.7 Å². The van der Waals surface area contributed by atoms with Crippen molar-refractivity contribution < 1.29 is 0 Å². The zero-order valence-corrected chi connectivity index (χ0v) is 30.1. The molecule has 0 saturated heterocycles. The number of benzene rings is 6. The van der Waals surface area contributed by atoms with Crippen molar-refractivity contribution in [3.05, 3.63) is 193 Å². The van der Waals surface area contributed by atoms with E-state index in [-0.39, 0.29) is 0 Å². The number of pyridine rings is 3. The van der Waals surface area contributed by atoms with Gasteiger partial charge < -0.3 is 0 Å². The topological polar surface area (TPSA) is 51.0 Å². The minimum atomic E-state index is 0.892. The van der Waals surface area contributed by atoms with Crippen LogP contribution in [0.25, 0.3) is 77.4 Å². The zero-order valence-electron chi connectivity index (χ0n) is 30.1. The third-order valence-electron chi connectivity index (χ3n) is 10.2. The number of aryl methyl sites for hydroxylation is 2. The second-order valence-corrected chi connectivity index (χ2v) is 13.6. The Balaban J connectivity index is 1.28. The molecule has 4 nitrogen and oxygen atoms in total. The van der Waals surface area contributed by atoms with Gasteiger partial charge in [0.15, 0.2) is 0 Å². The molecule has 9 rings (SSSR count). The Kier molecular flexibility index (Phi) is 8.62. The summed E-state index contributed by atoms with van der Waals surface area (Å²) < 4.78 is 0. The van der Waals surface area contributed by atoms with Crippen LogP contribution in [0.15, 0.2) is 181 Å². The lowest BCUT2D eigenvalue weighted by Gasteiger charge is -2.19. The number of para-hydroxylation sites is 1. The van der Waals surface area contributed by atoms with E-state index in [1.54, 1.807) is 0 Å². The minimum Gasteiger partial charge on any atom is -0.264 e. The molecule has 0 amide bonds. The molecule has 0 fully saturated rings. The van der Waals surface area contributed by atoms with Crippen molar-refractivity contribution in [3.8, 4) is 55.8 Å². The van der Waals surface area contributed by atoms with Crippen LogP contribution in [-0.2, 0) is 0 Å². The van der Waals surface area contributed by atoms with Gasteiger partial charge in [-0.25, -0.2) is 4.98 Å². The molecule has 0 aliphatic rings. The SMILES string of the molecule is Cc1c(-c2ccc(-c3cc(-c4cccnc4)cc(-c4cccnc4)c3)cc2/N=C/c2ccccc2)cc(C)c2c1c(-c1ccccc1)nc1ccccc12. The molecule has 9 aromatic rings. The Hall–Kier alpha value is -7.04. The summed E-state index contributed by atoms with van der Waals surface area (Å²) >= 11 is 0. The minimum absolute atomic E-state index is 0.892. The highest BCUT2D eigenvalue weighted by Gasteiger charge is 2.20. The van der Waals surface area contributed by atoms with E-state index in [1.807, 2.05) is 61.3 Å². The maximum atomic E-state index is 5.29. The molecule has 0 bridgehead atoms. The lowest BCUT2D eigenvalue weighted by atomic mass is 9.87. The molecule has 0 atom stereocenters. The second kappa shape index (κ2) is 14.2. The smallest absolute Gasteiger partial charge is 0.0791 e. The van der Waals surface area contributed by atoms with Crippen LogP contribution >= 0.6 is 0 Å². The van der Waals surface area contributed by atoms with E-state index < -0.39 is 0 Å². The Morgan fingerprint density at radius 2 is 1.09 bits per heavy atom. The van der Waals surface area contributed by atoms with Gasteiger partial charge in [0.25, 0.3) is 0 Å². The third-order valence-corrected chi connectivity index (χ3v) is 10.2. The van der Waals surface area contributed by atoms with Crippen molar-refractivity contribution in [2.24, 2.45) is 4.99 Å². The van der Waals surface area contributed by atoms with Gasteiger partial charge in [0.1, 0.15) is 0 Å². The summed E-state index contributed by atoms with van der Waals surface area (Å²) in [6, 6.07) is 53.2. The van der Waals surface area contributed by atoms with E-state index in [0.717, 1.165) is 77.9 Å². The van der Waals surface area contributed by atoms with Gasteiger partial charge in [-0.15, -0.1) is 0 Å². The standard InChI is InChI=1S/C50H36N4/c1-33-25-45(34(2)49-48(33)44-19-9-10-20-46(44)54-50(49)36-15-7-4-8-16-36)43-22-21-37(29-47(43)53-30-35-13-5-3-6-14-35)40-26-41(38-17-11-23-51-31-38)28-42(27-40)39-18-12-24-52-32-39/h3-32H,1-2H3/b53-30+. The molecule has 6 aromatic carbocycles. The Morgan fingerprint density at radius 1 is 0.481 bits per heavy atom. The summed E-state index contributed by atoms with van der Waals surface area (Å²) in [4.78, 5) is 19.4. The first-order valence-corrected chi connectivity index (χ1v) is 18.2. The van der Waals surface area contributed by atoms with E-state index in [1.165, 1.54) is 21.9 Å². The first-order valence-electron chi connectivity index (χ1n) is 18.2. The summed E-state index contributed by atoms with van der Waals surface area (Å²) in [5, 5.41) is 3.57. The summed E-state index contributed by atoms with van der Waals surface area (Å²) in [5.41, 5.74) is 16.1. The van der Waals surface area contributed by atoms with Crippen molar-refractivity contribution in [2.75, 3.05) is 0 Å². The van der Waals surface area contributed by atoms with Gasteiger partial charge in [-0.2, -0.15) is 0 Å². The lowest BCUT2D eigenvalue weighted by molar-refractivity contribution is 1.32. The molecule has 4 heteroatoms.